The molecule has 2 N–H and O–H groups in total. The van der Waals surface area contributed by atoms with Gasteiger partial charge < -0.3 is 10.4 Å². The molecule has 1 rings (SSSR count). The Labute approximate surface area is 89.4 Å². The van der Waals surface area contributed by atoms with Crippen LogP contribution in [0.15, 0.2) is 42.1 Å². The maximum Gasteiger partial charge on any atom is 0.351 e. The van der Waals surface area contributed by atoms with Crippen molar-refractivity contribution >= 4 is 5.97 Å². The van der Waals surface area contributed by atoms with Crippen LogP contribution in [0, 0.1) is 0 Å². The van der Waals surface area contributed by atoms with Crippen molar-refractivity contribution in [2.75, 3.05) is 0 Å². The molecule has 0 radical (unpaired) electrons. The number of nitrogens with one attached hydrogen (secondary N) is 1. The first-order chi connectivity index (χ1) is 7.24. The SMILES string of the molecule is CCC=C(NCc1ccccc1)C(=O)O. The fourth-order valence-corrected chi connectivity index (χ4v) is 1.23. The van der Waals surface area contributed by atoms with E-state index in [9.17, 15) is 4.79 Å². The standard InChI is InChI=1S/C12H15NO2/c1-2-6-11(12(14)15)13-9-10-7-4-3-5-8-10/h3-8,13H,2,9H2,1H3,(H,14,15). The zero-order valence-corrected chi connectivity index (χ0v) is 8.73. The van der Waals surface area contributed by atoms with Crippen molar-refractivity contribution in [2.45, 2.75) is 19.9 Å². The van der Waals surface area contributed by atoms with Gasteiger partial charge in [-0.05, 0) is 12.0 Å². The molecule has 0 fully saturated rings. The molecule has 0 saturated carbocycles. The Hall–Kier alpha value is -1.77. The number of carboxylic acids is 1. The topological polar surface area (TPSA) is 49.3 Å². The van der Waals surface area contributed by atoms with Crippen LogP contribution in [0.2, 0.25) is 0 Å². The minimum absolute atomic E-state index is 0.265. The first-order valence-corrected chi connectivity index (χ1v) is 4.95. The average molecular weight is 205 g/mol. The quantitative estimate of drug-likeness (QED) is 0.724. The minimum atomic E-state index is -0.909. The van der Waals surface area contributed by atoms with E-state index in [4.69, 9.17) is 5.11 Å². The molecule has 80 valence electrons. The molecule has 0 bridgehead atoms. The monoisotopic (exact) mass is 205 g/mol. The van der Waals surface area contributed by atoms with E-state index >= 15 is 0 Å². The number of carbonyl (C=O) groups is 1. The molecule has 0 unspecified atom stereocenters. The van der Waals surface area contributed by atoms with Gasteiger partial charge in [-0.15, -0.1) is 0 Å². The second kappa shape index (κ2) is 5.86. The molecule has 0 aliphatic carbocycles. The lowest BCUT2D eigenvalue weighted by Gasteiger charge is -2.06. The predicted octanol–water partition coefficient (Wildman–Crippen LogP) is 2.15. The summed E-state index contributed by atoms with van der Waals surface area (Å²) in [5, 5.41) is 11.7. The molecule has 1 aromatic rings. The van der Waals surface area contributed by atoms with Gasteiger partial charge in [0, 0.05) is 6.54 Å². The van der Waals surface area contributed by atoms with Gasteiger partial charge in [0.2, 0.25) is 0 Å². The van der Waals surface area contributed by atoms with Gasteiger partial charge in [0.05, 0.1) is 0 Å². The average Bonchev–Trinajstić information content (AvgIpc) is 2.25. The van der Waals surface area contributed by atoms with Crippen molar-refractivity contribution < 1.29 is 9.90 Å². The van der Waals surface area contributed by atoms with Crippen LogP contribution in [-0.4, -0.2) is 11.1 Å². The number of rotatable bonds is 5. The molecule has 3 nitrogen and oxygen atoms in total. The zero-order chi connectivity index (χ0) is 11.1. The molecule has 0 heterocycles. The highest BCUT2D eigenvalue weighted by Crippen LogP contribution is 2.00. The van der Waals surface area contributed by atoms with Crippen molar-refractivity contribution in [3.63, 3.8) is 0 Å². The zero-order valence-electron chi connectivity index (χ0n) is 8.73. The van der Waals surface area contributed by atoms with E-state index in [0.717, 1.165) is 5.56 Å². The fourth-order valence-electron chi connectivity index (χ4n) is 1.23. The first kappa shape index (κ1) is 11.3. The molecule has 0 amide bonds. The molecule has 0 aromatic heterocycles. The van der Waals surface area contributed by atoms with Crippen LogP contribution >= 0.6 is 0 Å². The lowest BCUT2D eigenvalue weighted by atomic mass is 10.2. The Morgan fingerprint density at radius 3 is 2.60 bits per heavy atom. The summed E-state index contributed by atoms with van der Waals surface area (Å²) in [6.45, 7) is 2.45. The summed E-state index contributed by atoms with van der Waals surface area (Å²) >= 11 is 0. The number of benzene rings is 1. The largest absolute Gasteiger partial charge is 0.477 e. The smallest absolute Gasteiger partial charge is 0.351 e. The molecular formula is C12H15NO2. The van der Waals surface area contributed by atoms with Gasteiger partial charge in [0.15, 0.2) is 0 Å². The van der Waals surface area contributed by atoms with E-state index in [1.807, 2.05) is 37.3 Å². The highest BCUT2D eigenvalue weighted by atomic mass is 16.4. The molecule has 0 atom stereocenters. The molecular weight excluding hydrogens is 190 g/mol. The number of hydrogen-bond acceptors (Lipinski definition) is 2. The van der Waals surface area contributed by atoms with Crippen LogP contribution in [0.4, 0.5) is 0 Å². The maximum absolute atomic E-state index is 10.8. The molecule has 15 heavy (non-hydrogen) atoms. The summed E-state index contributed by atoms with van der Waals surface area (Å²) in [4.78, 5) is 10.8. The van der Waals surface area contributed by atoms with Crippen LogP contribution in [0.5, 0.6) is 0 Å². The van der Waals surface area contributed by atoms with Gasteiger partial charge in [-0.2, -0.15) is 0 Å². The summed E-state index contributed by atoms with van der Waals surface area (Å²) in [6, 6.07) is 9.71. The number of hydrogen-bond donors (Lipinski definition) is 2. The Bertz CT molecular complexity index is 344. The number of aliphatic carboxylic acids is 1. The van der Waals surface area contributed by atoms with Gasteiger partial charge in [-0.1, -0.05) is 43.3 Å². The third kappa shape index (κ3) is 3.85. The highest BCUT2D eigenvalue weighted by molar-refractivity contribution is 5.85. The number of allylic oxidation sites excluding steroid dienone is 1. The van der Waals surface area contributed by atoms with Crippen LogP contribution in [0.1, 0.15) is 18.9 Å². The normalized spacial score (nSPS) is 11.1. The van der Waals surface area contributed by atoms with Gasteiger partial charge in [0.25, 0.3) is 0 Å². The lowest BCUT2D eigenvalue weighted by molar-refractivity contribution is -0.133. The number of carboxylic acid groups (broad SMARTS) is 1. The summed E-state index contributed by atoms with van der Waals surface area (Å²) in [5.41, 5.74) is 1.34. The molecule has 0 aliphatic rings. The summed E-state index contributed by atoms with van der Waals surface area (Å²) in [7, 11) is 0. The van der Waals surface area contributed by atoms with E-state index in [0.29, 0.717) is 13.0 Å². The van der Waals surface area contributed by atoms with Gasteiger partial charge in [-0.25, -0.2) is 4.79 Å². The van der Waals surface area contributed by atoms with E-state index < -0.39 is 5.97 Å². The third-order valence-electron chi connectivity index (χ3n) is 1.96. The fraction of sp³-hybridized carbons (Fsp3) is 0.250. The summed E-state index contributed by atoms with van der Waals surface area (Å²) in [5.74, 6) is -0.909. The second-order valence-corrected chi connectivity index (χ2v) is 3.17. The molecule has 0 aliphatic heterocycles. The van der Waals surface area contributed by atoms with Crippen molar-refractivity contribution in [3.05, 3.63) is 47.7 Å². The van der Waals surface area contributed by atoms with E-state index in [2.05, 4.69) is 5.32 Å². The van der Waals surface area contributed by atoms with Crippen LogP contribution < -0.4 is 5.32 Å². The van der Waals surface area contributed by atoms with Gasteiger partial charge in [-0.3, -0.25) is 0 Å². The summed E-state index contributed by atoms with van der Waals surface area (Å²) < 4.78 is 0. The maximum atomic E-state index is 10.8. The van der Waals surface area contributed by atoms with E-state index in [-0.39, 0.29) is 5.70 Å². The van der Waals surface area contributed by atoms with Gasteiger partial charge >= 0.3 is 5.97 Å². The predicted molar refractivity (Wildman–Crippen MR) is 59.3 cm³/mol. The molecule has 0 saturated heterocycles. The van der Waals surface area contributed by atoms with Crippen molar-refractivity contribution in [2.24, 2.45) is 0 Å². The molecule has 3 heteroatoms. The van der Waals surface area contributed by atoms with E-state index in [1.54, 1.807) is 6.08 Å². The van der Waals surface area contributed by atoms with Crippen LogP contribution in [-0.2, 0) is 11.3 Å². The molecule has 1 aromatic carbocycles. The summed E-state index contributed by atoms with van der Waals surface area (Å²) in [6.07, 6.45) is 2.38. The highest BCUT2D eigenvalue weighted by Gasteiger charge is 2.04. The second-order valence-electron chi connectivity index (χ2n) is 3.17. The Kier molecular flexibility index (Phi) is 4.41. The Morgan fingerprint density at radius 1 is 1.40 bits per heavy atom. The van der Waals surface area contributed by atoms with Crippen molar-refractivity contribution in [1.29, 1.82) is 0 Å². The van der Waals surface area contributed by atoms with Gasteiger partial charge in [0.1, 0.15) is 5.70 Å². The Balaban J connectivity index is 2.55. The van der Waals surface area contributed by atoms with Crippen LogP contribution in [0.25, 0.3) is 0 Å². The first-order valence-electron chi connectivity index (χ1n) is 4.95. The Morgan fingerprint density at radius 2 is 2.07 bits per heavy atom. The lowest BCUT2D eigenvalue weighted by Crippen LogP contribution is -2.19. The van der Waals surface area contributed by atoms with E-state index in [1.165, 1.54) is 0 Å². The van der Waals surface area contributed by atoms with Crippen molar-refractivity contribution in [3.8, 4) is 0 Å². The van der Waals surface area contributed by atoms with Crippen LogP contribution in [0.3, 0.4) is 0 Å². The minimum Gasteiger partial charge on any atom is -0.477 e. The van der Waals surface area contributed by atoms with Crippen molar-refractivity contribution in [1.82, 2.24) is 5.32 Å². The third-order valence-corrected chi connectivity index (χ3v) is 1.96. The molecule has 0 spiro atoms.